The summed E-state index contributed by atoms with van der Waals surface area (Å²) in [6.07, 6.45) is 0.679. The van der Waals surface area contributed by atoms with Crippen molar-refractivity contribution in [1.29, 1.82) is 0 Å². The predicted octanol–water partition coefficient (Wildman–Crippen LogP) is 3.54. The van der Waals surface area contributed by atoms with Gasteiger partial charge in [-0.1, -0.05) is 54.1 Å². The van der Waals surface area contributed by atoms with Crippen LogP contribution in [0.2, 0.25) is 5.02 Å². The molecular formula is C14H13ClO. The summed E-state index contributed by atoms with van der Waals surface area (Å²) in [5, 5.41) is 9.66. The Kier molecular flexibility index (Phi) is 3.60. The molecule has 82 valence electrons. The van der Waals surface area contributed by atoms with Gasteiger partial charge in [0.1, 0.15) is 0 Å². The van der Waals surface area contributed by atoms with Crippen molar-refractivity contribution in [2.45, 2.75) is 6.42 Å². The molecule has 2 heteroatoms. The second-order valence-electron chi connectivity index (χ2n) is 3.65. The summed E-state index contributed by atoms with van der Waals surface area (Å²) >= 11 is 6.14. The third-order valence-corrected chi connectivity index (χ3v) is 2.84. The number of benzene rings is 2. The molecule has 0 saturated carbocycles. The van der Waals surface area contributed by atoms with Crippen LogP contribution in [0.15, 0.2) is 48.5 Å². The van der Waals surface area contributed by atoms with Crippen molar-refractivity contribution in [1.82, 2.24) is 0 Å². The first-order chi connectivity index (χ1) is 7.81. The van der Waals surface area contributed by atoms with Crippen molar-refractivity contribution in [3.8, 4) is 11.1 Å². The second kappa shape index (κ2) is 5.15. The summed E-state index contributed by atoms with van der Waals surface area (Å²) in [5.74, 6) is 0. The summed E-state index contributed by atoms with van der Waals surface area (Å²) in [6, 6.07) is 15.9. The van der Waals surface area contributed by atoms with Gasteiger partial charge in [0.2, 0.25) is 0 Å². The normalized spacial score (nSPS) is 10.4. The minimum atomic E-state index is 0.173. The molecule has 0 bridgehead atoms. The van der Waals surface area contributed by atoms with Crippen LogP contribution in [0.25, 0.3) is 11.1 Å². The van der Waals surface area contributed by atoms with E-state index in [-0.39, 0.29) is 6.61 Å². The zero-order valence-corrected chi connectivity index (χ0v) is 9.61. The smallest absolute Gasteiger partial charge is 0.0484 e. The van der Waals surface area contributed by atoms with Gasteiger partial charge in [0.15, 0.2) is 0 Å². The molecule has 1 N–H and O–H groups in total. The molecule has 2 aromatic rings. The highest BCUT2D eigenvalue weighted by Gasteiger charge is 2.02. The molecule has 1 nitrogen and oxygen atoms in total. The van der Waals surface area contributed by atoms with E-state index in [4.69, 9.17) is 16.7 Å². The van der Waals surface area contributed by atoms with Crippen LogP contribution in [0.4, 0.5) is 0 Å². The third kappa shape index (κ3) is 2.43. The van der Waals surface area contributed by atoms with Crippen LogP contribution in [0.1, 0.15) is 5.56 Å². The third-order valence-electron chi connectivity index (χ3n) is 2.51. The Morgan fingerprint density at radius 2 is 1.81 bits per heavy atom. The zero-order valence-electron chi connectivity index (χ0n) is 8.86. The number of hydrogen-bond acceptors (Lipinski definition) is 1. The van der Waals surface area contributed by atoms with E-state index in [9.17, 15) is 0 Å². The number of halogens is 1. The number of aliphatic hydroxyl groups excluding tert-OH is 1. The first-order valence-electron chi connectivity index (χ1n) is 5.26. The molecule has 2 rings (SSSR count). The van der Waals surface area contributed by atoms with Crippen molar-refractivity contribution in [3.63, 3.8) is 0 Å². The van der Waals surface area contributed by atoms with Crippen molar-refractivity contribution >= 4 is 11.6 Å². The molecule has 0 unspecified atom stereocenters. The fourth-order valence-electron chi connectivity index (χ4n) is 1.72. The van der Waals surface area contributed by atoms with Gasteiger partial charge < -0.3 is 5.11 Å². The van der Waals surface area contributed by atoms with E-state index in [2.05, 4.69) is 6.07 Å². The molecule has 16 heavy (non-hydrogen) atoms. The van der Waals surface area contributed by atoms with E-state index in [1.807, 2.05) is 42.5 Å². The highest BCUT2D eigenvalue weighted by molar-refractivity contribution is 6.33. The number of hydrogen-bond donors (Lipinski definition) is 1. The fourth-order valence-corrected chi connectivity index (χ4v) is 1.96. The molecule has 0 amide bonds. The Hall–Kier alpha value is -1.31. The van der Waals surface area contributed by atoms with Crippen molar-refractivity contribution in [2.75, 3.05) is 6.61 Å². The molecule has 0 atom stereocenters. The van der Waals surface area contributed by atoms with E-state index in [1.54, 1.807) is 0 Å². The van der Waals surface area contributed by atoms with Gasteiger partial charge in [-0.05, 0) is 23.6 Å². The quantitative estimate of drug-likeness (QED) is 0.858. The Balaban J connectivity index is 2.40. The SMILES string of the molecule is OCCc1cccc(-c2ccccc2Cl)c1. The Bertz CT molecular complexity index is 480. The molecule has 2 aromatic carbocycles. The van der Waals surface area contributed by atoms with Crippen LogP contribution < -0.4 is 0 Å². The highest BCUT2D eigenvalue weighted by Crippen LogP contribution is 2.27. The maximum atomic E-state index is 8.91. The maximum Gasteiger partial charge on any atom is 0.0484 e. The molecule has 0 aromatic heterocycles. The van der Waals surface area contributed by atoms with Crippen LogP contribution in [0, 0.1) is 0 Å². The topological polar surface area (TPSA) is 20.2 Å². The van der Waals surface area contributed by atoms with Gasteiger partial charge in [-0.3, -0.25) is 0 Å². The molecule has 0 spiro atoms. The first kappa shape index (κ1) is 11.2. The predicted molar refractivity (Wildman–Crippen MR) is 67.7 cm³/mol. The molecular weight excluding hydrogens is 220 g/mol. The minimum absolute atomic E-state index is 0.173. The van der Waals surface area contributed by atoms with Crippen molar-refractivity contribution in [2.24, 2.45) is 0 Å². The van der Waals surface area contributed by atoms with Gasteiger partial charge >= 0.3 is 0 Å². The lowest BCUT2D eigenvalue weighted by atomic mass is 10.0. The monoisotopic (exact) mass is 232 g/mol. The fraction of sp³-hybridized carbons (Fsp3) is 0.143. The van der Waals surface area contributed by atoms with Crippen molar-refractivity contribution < 1.29 is 5.11 Å². The molecule has 0 radical (unpaired) electrons. The summed E-state index contributed by atoms with van der Waals surface area (Å²) in [7, 11) is 0. The second-order valence-corrected chi connectivity index (χ2v) is 4.06. The number of rotatable bonds is 3. The van der Waals surface area contributed by atoms with E-state index >= 15 is 0 Å². The summed E-state index contributed by atoms with van der Waals surface area (Å²) < 4.78 is 0. The van der Waals surface area contributed by atoms with Crippen LogP contribution in [0.5, 0.6) is 0 Å². The van der Waals surface area contributed by atoms with E-state index in [0.717, 1.165) is 21.7 Å². The molecule has 0 fully saturated rings. The van der Waals surface area contributed by atoms with Gasteiger partial charge in [-0.15, -0.1) is 0 Å². The van der Waals surface area contributed by atoms with Gasteiger partial charge in [0.25, 0.3) is 0 Å². The lowest BCUT2D eigenvalue weighted by Gasteiger charge is -2.06. The first-order valence-corrected chi connectivity index (χ1v) is 5.64. The largest absolute Gasteiger partial charge is 0.396 e. The van der Waals surface area contributed by atoms with Crippen LogP contribution in [0.3, 0.4) is 0 Å². The van der Waals surface area contributed by atoms with Crippen LogP contribution in [-0.4, -0.2) is 11.7 Å². The number of aliphatic hydroxyl groups is 1. The zero-order chi connectivity index (χ0) is 11.4. The van der Waals surface area contributed by atoms with Crippen LogP contribution >= 0.6 is 11.6 Å². The van der Waals surface area contributed by atoms with E-state index < -0.39 is 0 Å². The molecule has 0 aliphatic heterocycles. The van der Waals surface area contributed by atoms with Crippen molar-refractivity contribution in [3.05, 3.63) is 59.1 Å². The highest BCUT2D eigenvalue weighted by atomic mass is 35.5. The van der Waals surface area contributed by atoms with E-state index in [0.29, 0.717) is 6.42 Å². The summed E-state index contributed by atoms with van der Waals surface area (Å²) in [6.45, 7) is 0.173. The summed E-state index contributed by atoms with van der Waals surface area (Å²) in [4.78, 5) is 0. The molecule has 0 saturated heterocycles. The van der Waals surface area contributed by atoms with E-state index in [1.165, 1.54) is 0 Å². The Labute approximate surface area is 100 Å². The lowest BCUT2D eigenvalue weighted by Crippen LogP contribution is -1.90. The molecule has 0 aliphatic rings. The Morgan fingerprint density at radius 3 is 2.56 bits per heavy atom. The molecule has 0 heterocycles. The average Bonchev–Trinajstić information content (AvgIpc) is 2.30. The minimum Gasteiger partial charge on any atom is -0.396 e. The molecule has 0 aliphatic carbocycles. The maximum absolute atomic E-state index is 8.91. The van der Waals surface area contributed by atoms with Gasteiger partial charge in [-0.25, -0.2) is 0 Å². The van der Waals surface area contributed by atoms with Crippen LogP contribution in [-0.2, 0) is 6.42 Å². The van der Waals surface area contributed by atoms with Gasteiger partial charge in [0.05, 0.1) is 0 Å². The Morgan fingerprint density at radius 1 is 1.00 bits per heavy atom. The van der Waals surface area contributed by atoms with Gasteiger partial charge in [0, 0.05) is 17.2 Å². The van der Waals surface area contributed by atoms with Gasteiger partial charge in [-0.2, -0.15) is 0 Å². The standard InChI is InChI=1S/C14H13ClO/c15-14-7-2-1-6-13(14)12-5-3-4-11(10-12)8-9-16/h1-7,10,16H,8-9H2. The average molecular weight is 233 g/mol. The summed E-state index contributed by atoms with van der Waals surface area (Å²) in [5.41, 5.74) is 3.25. The lowest BCUT2D eigenvalue weighted by molar-refractivity contribution is 0.299.